The van der Waals surface area contributed by atoms with Gasteiger partial charge in [0, 0.05) is 17.6 Å². The second-order valence-electron chi connectivity index (χ2n) is 4.78. The Morgan fingerprint density at radius 3 is 2.95 bits per heavy atom. The molecule has 0 radical (unpaired) electrons. The van der Waals surface area contributed by atoms with Gasteiger partial charge < -0.3 is 21.6 Å². The maximum atomic E-state index is 13.0. The number of benzene rings is 1. The lowest BCUT2D eigenvalue weighted by Crippen LogP contribution is -2.44. The Morgan fingerprint density at radius 1 is 1.45 bits per heavy atom. The number of carbonyl (C=O) groups excluding carboxylic acids is 1. The normalized spacial score (nSPS) is 22.6. The number of nitrogens with zero attached hydrogens (tertiary/aromatic N) is 1. The molecule has 1 fully saturated rings. The van der Waals surface area contributed by atoms with E-state index in [0.29, 0.717) is 5.69 Å². The minimum atomic E-state index is -0.432. The second-order valence-corrected chi connectivity index (χ2v) is 4.78. The van der Waals surface area contributed by atoms with Crippen molar-refractivity contribution in [2.75, 3.05) is 5.32 Å². The zero-order valence-corrected chi connectivity index (χ0v) is 10.8. The Balaban J connectivity index is 1.94. The monoisotopic (exact) mass is 280 g/mol. The van der Waals surface area contributed by atoms with Gasteiger partial charge >= 0.3 is 6.03 Å². The van der Waals surface area contributed by atoms with Crippen LogP contribution in [0.4, 0.5) is 14.9 Å². The van der Waals surface area contributed by atoms with Gasteiger partial charge in [-0.25, -0.2) is 9.18 Å². The summed E-state index contributed by atoms with van der Waals surface area (Å²) in [5, 5.41) is 17.0. The van der Waals surface area contributed by atoms with Gasteiger partial charge in [-0.2, -0.15) is 0 Å². The highest BCUT2D eigenvalue weighted by atomic mass is 19.1. The lowest BCUT2D eigenvalue weighted by Gasteiger charge is -2.20. The third-order valence-corrected chi connectivity index (χ3v) is 3.41. The Hall–Kier alpha value is -2.31. The first-order chi connectivity index (χ1) is 9.60. The number of carbonyl (C=O) groups is 1. The van der Waals surface area contributed by atoms with Gasteiger partial charge in [-0.3, -0.25) is 0 Å². The molecule has 2 unspecified atom stereocenters. The lowest BCUT2D eigenvalue weighted by molar-refractivity contribution is 0.247. The van der Waals surface area contributed by atoms with Crippen LogP contribution >= 0.6 is 0 Å². The standard InChI is InChI=1S/C13H17FN4O2/c14-8-3-1-4-9(7-8)16-13(19)17-11-6-2-5-10(11)12(15)18-20/h1,3-4,7,10-11,20H,2,5-6H2,(H2,15,18)(H2,16,17,19). The molecule has 1 aliphatic carbocycles. The van der Waals surface area contributed by atoms with E-state index in [9.17, 15) is 9.18 Å². The summed E-state index contributed by atoms with van der Waals surface area (Å²) >= 11 is 0. The molecule has 0 spiro atoms. The Labute approximate surface area is 115 Å². The summed E-state index contributed by atoms with van der Waals surface area (Å²) in [6, 6.07) is 5.03. The van der Waals surface area contributed by atoms with Crippen molar-refractivity contribution in [3.63, 3.8) is 0 Å². The first kappa shape index (κ1) is 14.1. The molecule has 7 heteroatoms. The highest BCUT2D eigenvalue weighted by molar-refractivity contribution is 5.90. The van der Waals surface area contributed by atoms with Crippen molar-refractivity contribution in [1.82, 2.24) is 5.32 Å². The van der Waals surface area contributed by atoms with E-state index in [1.54, 1.807) is 6.07 Å². The highest BCUT2D eigenvalue weighted by Crippen LogP contribution is 2.25. The maximum Gasteiger partial charge on any atom is 0.319 e. The van der Waals surface area contributed by atoms with Crippen LogP contribution in [0.15, 0.2) is 29.4 Å². The Bertz CT molecular complexity index is 521. The van der Waals surface area contributed by atoms with Crippen LogP contribution in [0.25, 0.3) is 0 Å². The van der Waals surface area contributed by atoms with Crippen LogP contribution in [0.2, 0.25) is 0 Å². The third-order valence-electron chi connectivity index (χ3n) is 3.41. The second kappa shape index (κ2) is 6.23. The molecule has 108 valence electrons. The highest BCUT2D eigenvalue weighted by Gasteiger charge is 2.31. The van der Waals surface area contributed by atoms with Crippen LogP contribution in [0.5, 0.6) is 0 Å². The van der Waals surface area contributed by atoms with Gasteiger partial charge in [0.2, 0.25) is 0 Å². The van der Waals surface area contributed by atoms with E-state index < -0.39 is 11.8 Å². The minimum Gasteiger partial charge on any atom is -0.409 e. The number of oxime groups is 1. The van der Waals surface area contributed by atoms with Crippen LogP contribution in [-0.4, -0.2) is 23.1 Å². The van der Waals surface area contributed by atoms with Gasteiger partial charge in [0.25, 0.3) is 0 Å². The van der Waals surface area contributed by atoms with Gasteiger partial charge in [-0.1, -0.05) is 17.6 Å². The molecule has 0 saturated heterocycles. The molecular formula is C13H17FN4O2. The summed E-state index contributed by atoms with van der Waals surface area (Å²) in [4.78, 5) is 11.8. The maximum absolute atomic E-state index is 13.0. The average molecular weight is 280 g/mol. The number of rotatable bonds is 3. The van der Waals surface area contributed by atoms with E-state index in [0.717, 1.165) is 19.3 Å². The minimum absolute atomic E-state index is 0.124. The molecule has 0 aromatic heterocycles. The van der Waals surface area contributed by atoms with E-state index in [1.165, 1.54) is 18.2 Å². The summed E-state index contributed by atoms with van der Waals surface area (Å²) in [6.07, 6.45) is 2.42. The van der Waals surface area contributed by atoms with E-state index in [4.69, 9.17) is 10.9 Å². The number of urea groups is 1. The predicted molar refractivity (Wildman–Crippen MR) is 73.1 cm³/mol. The van der Waals surface area contributed by atoms with Crippen molar-refractivity contribution in [2.24, 2.45) is 16.8 Å². The average Bonchev–Trinajstić information content (AvgIpc) is 2.85. The largest absolute Gasteiger partial charge is 0.409 e. The summed E-state index contributed by atoms with van der Waals surface area (Å²) in [5.41, 5.74) is 5.97. The molecule has 0 bridgehead atoms. The molecule has 1 aliphatic rings. The van der Waals surface area contributed by atoms with Crippen molar-refractivity contribution in [3.05, 3.63) is 30.1 Å². The first-order valence-electron chi connectivity index (χ1n) is 6.40. The molecular weight excluding hydrogens is 263 g/mol. The van der Waals surface area contributed by atoms with Crippen LogP contribution in [0, 0.1) is 11.7 Å². The van der Waals surface area contributed by atoms with Crippen LogP contribution in [-0.2, 0) is 0 Å². The Kier molecular flexibility index (Phi) is 4.39. The molecule has 20 heavy (non-hydrogen) atoms. The van der Waals surface area contributed by atoms with Crippen molar-refractivity contribution in [1.29, 1.82) is 0 Å². The molecule has 1 aromatic rings. The Morgan fingerprint density at radius 2 is 2.25 bits per heavy atom. The number of amidine groups is 1. The zero-order chi connectivity index (χ0) is 14.5. The molecule has 1 saturated carbocycles. The molecule has 5 N–H and O–H groups in total. The van der Waals surface area contributed by atoms with E-state index in [1.807, 2.05) is 0 Å². The fourth-order valence-corrected chi connectivity index (χ4v) is 2.46. The molecule has 2 rings (SSSR count). The van der Waals surface area contributed by atoms with E-state index >= 15 is 0 Å². The van der Waals surface area contributed by atoms with Crippen molar-refractivity contribution < 1.29 is 14.4 Å². The topological polar surface area (TPSA) is 99.7 Å². The van der Waals surface area contributed by atoms with Crippen molar-refractivity contribution in [2.45, 2.75) is 25.3 Å². The fraction of sp³-hybridized carbons (Fsp3) is 0.385. The molecule has 6 nitrogen and oxygen atoms in total. The summed E-state index contributed by atoms with van der Waals surface area (Å²) in [7, 11) is 0. The molecule has 0 aliphatic heterocycles. The first-order valence-corrected chi connectivity index (χ1v) is 6.40. The van der Waals surface area contributed by atoms with Crippen molar-refractivity contribution in [3.8, 4) is 0 Å². The van der Waals surface area contributed by atoms with Crippen LogP contribution in [0.3, 0.4) is 0 Å². The predicted octanol–water partition coefficient (Wildman–Crippen LogP) is 1.86. The smallest absolute Gasteiger partial charge is 0.319 e. The number of hydrogen-bond donors (Lipinski definition) is 4. The zero-order valence-electron chi connectivity index (χ0n) is 10.8. The van der Waals surface area contributed by atoms with E-state index in [-0.39, 0.29) is 17.8 Å². The third kappa shape index (κ3) is 3.37. The molecule has 2 atom stereocenters. The number of anilines is 1. The number of amides is 2. The SMILES string of the molecule is NC(=NO)C1CCCC1NC(=O)Nc1cccc(F)c1. The van der Waals surface area contributed by atoms with Gasteiger partial charge in [-0.05, 0) is 31.0 Å². The summed E-state index contributed by atoms with van der Waals surface area (Å²) < 4.78 is 13.0. The van der Waals surface area contributed by atoms with Crippen LogP contribution in [0.1, 0.15) is 19.3 Å². The summed E-state index contributed by atoms with van der Waals surface area (Å²) in [5.74, 6) is -0.463. The molecule has 2 amide bonds. The van der Waals surface area contributed by atoms with Gasteiger partial charge in [0.1, 0.15) is 11.7 Å². The van der Waals surface area contributed by atoms with E-state index in [2.05, 4.69) is 15.8 Å². The van der Waals surface area contributed by atoms with Gasteiger partial charge in [0.15, 0.2) is 0 Å². The number of hydrogen-bond acceptors (Lipinski definition) is 3. The number of halogens is 1. The van der Waals surface area contributed by atoms with Gasteiger partial charge in [-0.15, -0.1) is 0 Å². The number of nitrogens with two attached hydrogens (primary N) is 1. The van der Waals surface area contributed by atoms with Crippen LogP contribution < -0.4 is 16.4 Å². The summed E-state index contributed by atoms with van der Waals surface area (Å²) in [6.45, 7) is 0. The number of nitrogens with one attached hydrogen (secondary N) is 2. The lowest BCUT2D eigenvalue weighted by atomic mass is 10.0. The molecule has 0 heterocycles. The van der Waals surface area contributed by atoms with Gasteiger partial charge in [0.05, 0.1) is 0 Å². The van der Waals surface area contributed by atoms with Crippen molar-refractivity contribution >= 4 is 17.6 Å². The molecule has 1 aromatic carbocycles. The quantitative estimate of drug-likeness (QED) is 0.294. The fourth-order valence-electron chi connectivity index (χ4n) is 2.46.